The zero-order chi connectivity index (χ0) is 13.7. The summed E-state index contributed by atoms with van der Waals surface area (Å²) in [7, 11) is 1.77. The smallest absolute Gasteiger partial charge is 0.306 e. The summed E-state index contributed by atoms with van der Waals surface area (Å²) in [6.45, 7) is 3.91. The molecule has 1 rings (SSSR count). The van der Waals surface area contributed by atoms with Crippen LogP contribution in [0.15, 0.2) is 6.20 Å². The zero-order valence-electron chi connectivity index (χ0n) is 10.9. The minimum Gasteiger partial charge on any atom is -0.481 e. The molecule has 1 atom stereocenters. The van der Waals surface area contributed by atoms with Crippen molar-refractivity contribution in [2.75, 3.05) is 6.54 Å². The number of aromatic nitrogens is 2. The van der Waals surface area contributed by atoms with Gasteiger partial charge in [0, 0.05) is 19.8 Å². The molecule has 0 aromatic carbocycles. The first-order valence-corrected chi connectivity index (χ1v) is 5.99. The number of amides is 1. The third kappa shape index (κ3) is 3.58. The summed E-state index contributed by atoms with van der Waals surface area (Å²) in [5, 5.41) is 15.6. The number of nitrogens with one attached hydrogen (secondary N) is 1. The fraction of sp³-hybridized carbons (Fsp3) is 0.583. The number of carbonyl (C=O) groups excluding carboxylic acids is 1. The van der Waals surface area contributed by atoms with Gasteiger partial charge in [0.15, 0.2) is 0 Å². The van der Waals surface area contributed by atoms with Gasteiger partial charge in [-0.1, -0.05) is 13.8 Å². The second-order valence-electron chi connectivity index (χ2n) is 4.30. The molecule has 0 aliphatic carbocycles. The molecule has 6 heteroatoms. The number of aliphatic carboxylic acids is 1. The molecule has 0 fully saturated rings. The van der Waals surface area contributed by atoms with Gasteiger partial charge in [-0.15, -0.1) is 0 Å². The number of carboxylic acid groups (broad SMARTS) is 1. The van der Waals surface area contributed by atoms with Crippen LogP contribution in [0.3, 0.4) is 0 Å². The van der Waals surface area contributed by atoms with Gasteiger partial charge >= 0.3 is 5.97 Å². The van der Waals surface area contributed by atoms with E-state index < -0.39 is 11.9 Å². The minimum atomic E-state index is -0.847. The van der Waals surface area contributed by atoms with E-state index in [1.165, 1.54) is 0 Å². The molecule has 1 heterocycles. The Morgan fingerprint density at radius 3 is 2.78 bits per heavy atom. The molecule has 1 aromatic rings. The second kappa shape index (κ2) is 6.18. The lowest BCUT2D eigenvalue weighted by atomic mass is 10.1. The van der Waals surface area contributed by atoms with Crippen LogP contribution in [-0.2, 0) is 18.3 Å². The SMILES string of the molecule is CCc1nn(C)cc1C(=O)NCCC(C)C(=O)O. The van der Waals surface area contributed by atoms with E-state index in [4.69, 9.17) is 5.11 Å². The van der Waals surface area contributed by atoms with Crippen LogP contribution in [0, 0.1) is 5.92 Å². The normalized spacial score (nSPS) is 12.2. The average molecular weight is 253 g/mol. The number of hydrogen-bond donors (Lipinski definition) is 2. The predicted molar refractivity (Wildman–Crippen MR) is 66.3 cm³/mol. The van der Waals surface area contributed by atoms with Crippen LogP contribution in [0.2, 0.25) is 0 Å². The Labute approximate surface area is 106 Å². The summed E-state index contributed by atoms with van der Waals surface area (Å²) in [5.74, 6) is -1.50. The molecule has 6 nitrogen and oxygen atoms in total. The van der Waals surface area contributed by atoms with Crippen molar-refractivity contribution in [2.24, 2.45) is 13.0 Å². The fourth-order valence-corrected chi connectivity index (χ4v) is 1.61. The van der Waals surface area contributed by atoms with Crippen molar-refractivity contribution in [1.82, 2.24) is 15.1 Å². The lowest BCUT2D eigenvalue weighted by molar-refractivity contribution is -0.141. The summed E-state index contributed by atoms with van der Waals surface area (Å²) < 4.78 is 1.60. The molecule has 100 valence electrons. The van der Waals surface area contributed by atoms with Gasteiger partial charge < -0.3 is 10.4 Å². The molecule has 0 saturated heterocycles. The Bertz CT molecular complexity index is 440. The molecule has 1 unspecified atom stereocenters. The molecule has 0 bridgehead atoms. The lowest BCUT2D eigenvalue weighted by Crippen LogP contribution is -2.27. The Balaban J connectivity index is 2.52. The Kier molecular flexibility index (Phi) is 4.88. The first-order valence-electron chi connectivity index (χ1n) is 5.99. The summed E-state index contributed by atoms with van der Waals surface area (Å²) in [5.41, 5.74) is 1.31. The Morgan fingerprint density at radius 2 is 2.22 bits per heavy atom. The Morgan fingerprint density at radius 1 is 1.56 bits per heavy atom. The maximum atomic E-state index is 11.9. The standard InChI is InChI=1S/C12H19N3O3/c1-4-10-9(7-15(3)14-10)11(16)13-6-5-8(2)12(17)18/h7-8H,4-6H2,1-3H3,(H,13,16)(H,17,18). The predicted octanol–water partition coefficient (Wildman–Crippen LogP) is 0.823. The van der Waals surface area contributed by atoms with Crippen LogP contribution in [0.4, 0.5) is 0 Å². The largest absolute Gasteiger partial charge is 0.481 e. The molecule has 18 heavy (non-hydrogen) atoms. The molecular weight excluding hydrogens is 234 g/mol. The summed E-state index contributed by atoms with van der Waals surface area (Å²) in [6, 6.07) is 0. The van der Waals surface area contributed by atoms with Gasteiger partial charge in [-0.2, -0.15) is 5.10 Å². The van der Waals surface area contributed by atoms with Gasteiger partial charge in [0.25, 0.3) is 5.91 Å². The van der Waals surface area contributed by atoms with Crippen LogP contribution < -0.4 is 5.32 Å². The van der Waals surface area contributed by atoms with Gasteiger partial charge in [-0.05, 0) is 12.8 Å². The van der Waals surface area contributed by atoms with Crippen LogP contribution >= 0.6 is 0 Å². The molecular formula is C12H19N3O3. The van der Waals surface area contributed by atoms with Crippen LogP contribution in [0.5, 0.6) is 0 Å². The highest BCUT2D eigenvalue weighted by atomic mass is 16.4. The molecule has 0 saturated carbocycles. The van der Waals surface area contributed by atoms with E-state index in [1.54, 1.807) is 24.9 Å². The van der Waals surface area contributed by atoms with E-state index in [9.17, 15) is 9.59 Å². The quantitative estimate of drug-likeness (QED) is 0.786. The third-order valence-corrected chi connectivity index (χ3v) is 2.77. The maximum absolute atomic E-state index is 11.9. The van der Waals surface area contributed by atoms with E-state index >= 15 is 0 Å². The molecule has 0 radical (unpaired) electrons. The molecule has 1 aromatic heterocycles. The fourth-order valence-electron chi connectivity index (χ4n) is 1.61. The van der Waals surface area contributed by atoms with Crippen LogP contribution in [0.1, 0.15) is 36.3 Å². The topological polar surface area (TPSA) is 84.2 Å². The van der Waals surface area contributed by atoms with Gasteiger partial charge in [0.1, 0.15) is 0 Å². The molecule has 0 spiro atoms. The van der Waals surface area contributed by atoms with Crippen LogP contribution in [-0.4, -0.2) is 33.3 Å². The second-order valence-corrected chi connectivity index (χ2v) is 4.30. The van der Waals surface area contributed by atoms with Crippen molar-refractivity contribution >= 4 is 11.9 Å². The van der Waals surface area contributed by atoms with E-state index in [2.05, 4.69) is 10.4 Å². The summed E-state index contributed by atoms with van der Waals surface area (Å²) >= 11 is 0. The van der Waals surface area contributed by atoms with Crippen molar-refractivity contribution < 1.29 is 14.7 Å². The molecule has 2 N–H and O–H groups in total. The first-order chi connectivity index (χ1) is 8.45. The number of nitrogens with zero attached hydrogens (tertiary/aromatic N) is 2. The highest BCUT2D eigenvalue weighted by Crippen LogP contribution is 2.07. The Hall–Kier alpha value is -1.85. The van der Waals surface area contributed by atoms with E-state index in [1.807, 2.05) is 6.92 Å². The van der Waals surface area contributed by atoms with Gasteiger partial charge in [0.05, 0.1) is 17.2 Å². The molecule has 0 aliphatic rings. The summed E-state index contributed by atoms with van der Waals surface area (Å²) in [6.07, 6.45) is 2.78. The first kappa shape index (κ1) is 14.2. The van der Waals surface area contributed by atoms with Crippen LogP contribution in [0.25, 0.3) is 0 Å². The van der Waals surface area contributed by atoms with E-state index in [-0.39, 0.29) is 5.91 Å². The van der Waals surface area contributed by atoms with E-state index in [0.29, 0.717) is 24.9 Å². The number of rotatable bonds is 6. The van der Waals surface area contributed by atoms with Gasteiger partial charge in [-0.25, -0.2) is 0 Å². The van der Waals surface area contributed by atoms with Crippen molar-refractivity contribution in [3.05, 3.63) is 17.5 Å². The van der Waals surface area contributed by atoms with Crippen molar-refractivity contribution in [3.8, 4) is 0 Å². The van der Waals surface area contributed by atoms with Crippen molar-refractivity contribution in [1.29, 1.82) is 0 Å². The summed E-state index contributed by atoms with van der Waals surface area (Å²) in [4.78, 5) is 22.5. The molecule has 0 aliphatic heterocycles. The average Bonchev–Trinajstić information content (AvgIpc) is 2.70. The van der Waals surface area contributed by atoms with Gasteiger partial charge in [0.2, 0.25) is 0 Å². The van der Waals surface area contributed by atoms with E-state index in [0.717, 1.165) is 5.69 Å². The molecule has 1 amide bonds. The minimum absolute atomic E-state index is 0.197. The lowest BCUT2D eigenvalue weighted by Gasteiger charge is -2.07. The van der Waals surface area contributed by atoms with Crippen molar-refractivity contribution in [3.63, 3.8) is 0 Å². The third-order valence-electron chi connectivity index (χ3n) is 2.77. The van der Waals surface area contributed by atoms with Gasteiger partial charge in [-0.3, -0.25) is 14.3 Å². The van der Waals surface area contributed by atoms with Crippen molar-refractivity contribution in [2.45, 2.75) is 26.7 Å². The highest BCUT2D eigenvalue weighted by molar-refractivity contribution is 5.95. The highest BCUT2D eigenvalue weighted by Gasteiger charge is 2.15. The number of aryl methyl sites for hydroxylation is 2. The number of hydrogen-bond acceptors (Lipinski definition) is 3. The number of carbonyl (C=O) groups is 2. The zero-order valence-corrected chi connectivity index (χ0v) is 10.9. The number of carboxylic acids is 1. The monoisotopic (exact) mass is 253 g/mol. The maximum Gasteiger partial charge on any atom is 0.306 e.